The second kappa shape index (κ2) is 5.95. The molecule has 0 spiro atoms. The van der Waals surface area contributed by atoms with Gasteiger partial charge in [-0.3, -0.25) is 14.8 Å². The van der Waals surface area contributed by atoms with E-state index in [1.807, 2.05) is 25.3 Å². The van der Waals surface area contributed by atoms with Crippen LogP contribution in [0.4, 0.5) is 4.39 Å². The molecule has 1 aliphatic carbocycles. The number of pyridine rings is 1. The molecule has 5 rings (SSSR count). The molecule has 2 atom stereocenters. The first kappa shape index (κ1) is 16.5. The van der Waals surface area contributed by atoms with Gasteiger partial charge in [-0.15, -0.1) is 0 Å². The molecule has 0 aromatic carbocycles. The highest BCUT2D eigenvalue weighted by Crippen LogP contribution is 2.55. The molecule has 4 heterocycles. The zero-order valence-electron chi connectivity index (χ0n) is 14.8. The number of H-pyrrole nitrogens is 2. The molecule has 0 radical (unpaired) electrons. The van der Waals surface area contributed by atoms with Gasteiger partial charge in [-0.2, -0.15) is 14.0 Å². The van der Waals surface area contributed by atoms with Crippen LogP contribution in [0.1, 0.15) is 35.1 Å². The molecule has 28 heavy (non-hydrogen) atoms. The van der Waals surface area contributed by atoms with Gasteiger partial charge in [0.15, 0.2) is 5.65 Å². The molecular formula is C19H15FN6O2. The van der Waals surface area contributed by atoms with Crippen LogP contribution >= 0.6 is 0 Å². The zero-order chi connectivity index (χ0) is 19.4. The number of hydrogen-bond donors (Lipinski definition) is 2. The smallest absolute Gasteiger partial charge is 0.313 e. The average Bonchev–Trinajstić information content (AvgIpc) is 3.38. The lowest BCUT2D eigenvalue weighted by Crippen LogP contribution is -2.23. The van der Waals surface area contributed by atoms with Crippen molar-refractivity contribution in [3.63, 3.8) is 0 Å². The standard InChI is InChI=1S/C19H15FN6O2/c1-9-2-3-14(21-6-9)11-4-10(11)12-5-15(13-7-23-19(28)24-18(13)27)25-26-16(20)8-22-17(12)26/h2-3,5-8,10-11H,4H2,1H3,(H2,23,24,27,28)/t10-,11-/m0/s1. The SMILES string of the molecule is Cc1ccc([C@H]2C[C@@H]2c2cc(-c3c[nH]c(=O)[nH]c3=O)nn3c(F)cnc23)nc1. The Balaban J connectivity index is 1.64. The number of aryl methyl sites for hydroxylation is 1. The summed E-state index contributed by atoms with van der Waals surface area (Å²) in [4.78, 5) is 36.7. The van der Waals surface area contributed by atoms with E-state index in [4.69, 9.17) is 0 Å². The van der Waals surface area contributed by atoms with Crippen molar-refractivity contribution < 1.29 is 4.39 Å². The van der Waals surface area contributed by atoms with Crippen molar-refractivity contribution in [3.05, 3.63) is 80.4 Å². The predicted octanol–water partition coefficient (Wildman–Crippen LogP) is 1.89. The Bertz CT molecular complexity index is 1320. The molecule has 1 aliphatic rings. The lowest BCUT2D eigenvalue weighted by atomic mass is 10.1. The summed E-state index contributed by atoms with van der Waals surface area (Å²) in [6, 6.07) is 5.75. The van der Waals surface area contributed by atoms with Crippen molar-refractivity contribution in [2.75, 3.05) is 0 Å². The number of halogens is 1. The molecule has 1 saturated carbocycles. The van der Waals surface area contributed by atoms with E-state index < -0.39 is 17.2 Å². The maximum atomic E-state index is 14.2. The number of aromatic amines is 2. The molecule has 2 N–H and O–H groups in total. The van der Waals surface area contributed by atoms with Gasteiger partial charge in [-0.05, 0) is 37.0 Å². The van der Waals surface area contributed by atoms with Crippen LogP contribution in [0.15, 0.2) is 46.4 Å². The molecule has 1 fully saturated rings. The van der Waals surface area contributed by atoms with Gasteiger partial charge in [0, 0.05) is 29.6 Å². The summed E-state index contributed by atoms with van der Waals surface area (Å²) in [5, 5.41) is 4.20. The largest absolute Gasteiger partial charge is 0.325 e. The maximum absolute atomic E-state index is 14.2. The third kappa shape index (κ3) is 2.63. The molecule has 0 unspecified atom stereocenters. The van der Waals surface area contributed by atoms with E-state index in [-0.39, 0.29) is 23.1 Å². The molecule has 0 aliphatic heterocycles. The number of nitrogens with one attached hydrogen (secondary N) is 2. The van der Waals surface area contributed by atoms with Crippen LogP contribution in [0.5, 0.6) is 0 Å². The summed E-state index contributed by atoms with van der Waals surface area (Å²) >= 11 is 0. The van der Waals surface area contributed by atoms with Crippen molar-refractivity contribution in [2.24, 2.45) is 0 Å². The molecule has 9 heteroatoms. The summed E-state index contributed by atoms with van der Waals surface area (Å²) in [6.45, 7) is 1.98. The van der Waals surface area contributed by atoms with E-state index in [9.17, 15) is 14.0 Å². The first-order chi connectivity index (χ1) is 13.5. The Morgan fingerprint density at radius 2 is 2.04 bits per heavy atom. The Morgan fingerprint density at radius 1 is 1.18 bits per heavy atom. The number of rotatable bonds is 3. The fraction of sp³-hybridized carbons (Fsp3) is 0.211. The van der Waals surface area contributed by atoms with Crippen LogP contribution in [0.2, 0.25) is 0 Å². The normalized spacial score (nSPS) is 18.5. The first-order valence-electron chi connectivity index (χ1n) is 8.80. The summed E-state index contributed by atoms with van der Waals surface area (Å²) in [6.07, 6.45) is 5.06. The van der Waals surface area contributed by atoms with E-state index in [0.717, 1.165) is 34.0 Å². The van der Waals surface area contributed by atoms with Gasteiger partial charge >= 0.3 is 5.69 Å². The minimum atomic E-state index is -0.621. The van der Waals surface area contributed by atoms with Gasteiger partial charge in [0.2, 0.25) is 5.95 Å². The predicted molar refractivity (Wildman–Crippen MR) is 98.7 cm³/mol. The number of aromatic nitrogens is 6. The number of imidazole rings is 1. The molecule has 0 saturated heterocycles. The van der Waals surface area contributed by atoms with E-state index in [1.54, 1.807) is 6.07 Å². The highest BCUT2D eigenvalue weighted by Gasteiger charge is 2.42. The van der Waals surface area contributed by atoms with Gasteiger partial charge in [-0.25, -0.2) is 9.78 Å². The highest BCUT2D eigenvalue weighted by molar-refractivity contribution is 5.63. The van der Waals surface area contributed by atoms with Crippen molar-refractivity contribution >= 4 is 5.65 Å². The zero-order valence-corrected chi connectivity index (χ0v) is 14.8. The average molecular weight is 378 g/mol. The molecule has 140 valence electrons. The van der Waals surface area contributed by atoms with Crippen molar-refractivity contribution in [1.29, 1.82) is 0 Å². The summed E-state index contributed by atoms with van der Waals surface area (Å²) in [5.74, 6) is -0.319. The Kier molecular flexibility index (Phi) is 3.51. The number of hydrogen-bond acceptors (Lipinski definition) is 5. The van der Waals surface area contributed by atoms with Crippen molar-refractivity contribution in [1.82, 2.24) is 29.5 Å². The Morgan fingerprint density at radius 3 is 2.79 bits per heavy atom. The van der Waals surface area contributed by atoms with Gasteiger partial charge < -0.3 is 4.98 Å². The van der Waals surface area contributed by atoms with Crippen LogP contribution in [0, 0.1) is 12.9 Å². The van der Waals surface area contributed by atoms with Gasteiger partial charge in [0.25, 0.3) is 5.56 Å². The monoisotopic (exact) mass is 378 g/mol. The fourth-order valence-electron chi connectivity index (χ4n) is 3.53. The summed E-state index contributed by atoms with van der Waals surface area (Å²) in [5.41, 5.74) is 2.49. The molecule has 0 bridgehead atoms. The topological polar surface area (TPSA) is 109 Å². The third-order valence-corrected chi connectivity index (χ3v) is 5.05. The van der Waals surface area contributed by atoms with Crippen LogP contribution in [-0.4, -0.2) is 29.5 Å². The van der Waals surface area contributed by atoms with Crippen molar-refractivity contribution in [2.45, 2.75) is 25.2 Å². The Labute approximate surface area is 157 Å². The minimum Gasteiger partial charge on any atom is -0.313 e. The quantitative estimate of drug-likeness (QED) is 0.566. The Hall–Kier alpha value is -3.62. The molecular weight excluding hydrogens is 363 g/mol. The first-order valence-corrected chi connectivity index (χ1v) is 8.80. The van der Waals surface area contributed by atoms with E-state index in [0.29, 0.717) is 5.65 Å². The van der Waals surface area contributed by atoms with Gasteiger partial charge in [-0.1, -0.05) is 6.07 Å². The van der Waals surface area contributed by atoms with Gasteiger partial charge in [0.1, 0.15) is 0 Å². The molecule has 4 aromatic heterocycles. The second-order valence-electron chi connectivity index (χ2n) is 7.00. The molecule has 8 nitrogen and oxygen atoms in total. The molecule has 4 aromatic rings. The molecule has 0 amide bonds. The van der Waals surface area contributed by atoms with E-state index in [1.165, 1.54) is 6.20 Å². The maximum Gasteiger partial charge on any atom is 0.325 e. The van der Waals surface area contributed by atoms with E-state index >= 15 is 0 Å². The summed E-state index contributed by atoms with van der Waals surface area (Å²) < 4.78 is 15.3. The van der Waals surface area contributed by atoms with Crippen LogP contribution < -0.4 is 11.2 Å². The number of nitrogens with zero attached hydrogens (tertiary/aromatic N) is 4. The number of fused-ring (bicyclic) bond motifs is 1. The van der Waals surface area contributed by atoms with Crippen LogP contribution in [0.3, 0.4) is 0 Å². The van der Waals surface area contributed by atoms with Crippen LogP contribution in [0.25, 0.3) is 16.9 Å². The summed E-state index contributed by atoms with van der Waals surface area (Å²) in [7, 11) is 0. The third-order valence-electron chi connectivity index (χ3n) is 5.05. The lowest BCUT2D eigenvalue weighted by molar-refractivity contribution is 0.549. The highest BCUT2D eigenvalue weighted by atomic mass is 19.1. The lowest BCUT2D eigenvalue weighted by Gasteiger charge is -2.07. The second-order valence-corrected chi connectivity index (χ2v) is 7.00. The fourth-order valence-corrected chi connectivity index (χ4v) is 3.53. The van der Waals surface area contributed by atoms with E-state index in [2.05, 4.69) is 25.0 Å². The van der Waals surface area contributed by atoms with Gasteiger partial charge in [0.05, 0.1) is 17.5 Å². The minimum absolute atomic E-state index is 0.100. The van der Waals surface area contributed by atoms with Crippen LogP contribution in [-0.2, 0) is 0 Å². The van der Waals surface area contributed by atoms with Crippen molar-refractivity contribution in [3.8, 4) is 11.3 Å².